The number of nitrogens with zero attached hydrogens (tertiary/aromatic N) is 5. The van der Waals surface area contributed by atoms with Gasteiger partial charge in [-0.25, -0.2) is 4.68 Å². The normalized spacial score (nSPS) is 19.7. The summed E-state index contributed by atoms with van der Waals surface area (Å²) in [7, 11) is 0. The smallest absolute Gasteiger partial charge is 0.253 e. The lowest BCUT2D eigenvalue weighted by Crippen LogP contribution is -2.42. The van der Waals surface area contributed by atoms with E-state index in [4.69, 9.17) is 4.74 Å². The summed E-state index contributed by atoms with van der Waals surface area (Å²) in [6.07, 6.45) is 5.83. The molecule has 8 nitrogen and oxygen atoms in total. The molecule has 0 amide bonds. The van der Waals surface area contributed by atoms with E-state index in [1.165, 1.54) is 30.4 Å². The first kappa shape index (κ1) is 20.3. The maximum atomic E-state index is 13.3. The Kier molecular flexibility index (Phi) is 5.58. The van der Waals surface area contributed by atoms with Gasteiger partial charge in [-0.15, -0.1) is 5.10 Å². The third kappa shape index (κ3) is 3.90. The number of nitrogens with one attached hydrogen (secondary N) is 1. The fourth-order valence-corrected chi connectivity index (χ4v) is 5.00. The number of aromatic nitrogens is 5. The van der Waals surface area contributed by atoms with Crippen LogP contribution in [0.5, 0.6) is 0 Å². The number of fused-ring (bicyclic) bond motifs is 1. The molecule has 8 heteroatoms. The van der Waals surface area contributed by atoms with Crippen LogP contribution in [0.2, 0.25) is 0 Å². The molecular formula is C23H30N6O2. The molecule has 0 bridgehead atoms. The molecule has 1 aliphatic carbocycles. The van der Waals surface area contributed by atoms with Crippen molar-refractivity contribution in [3.8, 4) is 0 Å². The third-order valence-corrected chi connectivity index (χ3v) is 6.88. The fraction of sp³-hybridized carbons (Fsp3) is 0.565. The minimum absolute atomic E-state index is 0.0783. The molecule has 1 N–H and O–H groups in total. The number of tetrazole rings is 1. The number of aromatic amines is 1. The van der Waals surface area contributed by atoms with Crippen LogP contribution in [0.1, 0.15) is 66.7 Å². The Morgan fingerprint density at radius 3 is 2.58 bits per heavy atom. The molecule has 31 heavy (non-hydrogen) atoms. The second kappa shape index (κ2) is 8.51. The maximum absolute atomic E-state index is 13.3. The van der Waals surface area contributed by atoms with Crippen molar-refractivity contribution in [1.82, 2.24) is 30.1 Å². The van der Waals surface area contributed by atoms with Crippen LogP contribution in [0.4, 0.5) is 0 Å². The van der Waals surface area contributed by atoms with Crippen LogP contribution < -0.4 is 5.56 Å². The van der Waals surface area contributed by atoms with Crippen molar-refractivity contribution in [1.29, 1.82) is 0 Å². The van der Waals surface area contributed by atoms with E-state index < -0.39 is 0 Å². The van der Waals surface area contributed by atoms with E-state index in [0.29, 0.717) is 24.8 Å². The van der Waals surface area contributed by atoms with Gasteiger partial charge in [-0.2, -0.15) is 0 Å². The standard InChI is InChI=1S/C23H30N6O2/c1-15-12-17-14-19(23(30)24-20(17)13-16(15)2)21(28-8-10-31-11-9-28)22-25-26-27-29(22)18-6-4-3-5-7-18/h12-14,18,21H,3-11H2,1-2H3,(H,24,30)/t21-/m0/s1. The fourth-order valence-electron chi connectivity index (χ4n) is 5.00. The highest BCUT2D eigenvalue weighted by Gasteiger charge is 2.33. The maximum Gasteiger partial charge on any atom is 0.253 e. The van der Waals surface area contributed by atoms with Crippen LogP contribution in [0.25, 0.3) is 10.9 Å². The van der Waals surface area contributed by atoms with E-state index in [1.807, 2.05) is 16.8 Å². The van der Waals surface area contributed by atoms with Gasteiger partial charge in [0.05, 0.1) is 19.3 Å². The Balaban J connectivity index is 1.64. The SMILES string of the molecule is Cc1cc2cc([C@@H](c3nnnn3C3CCCCC3)N3CCOCC3)c(=O)[nH]c2cc1C. The summed E-state index contributed by atoms with van der Waals surface area (Å²) in [6.45, 7) is 6.94. The molecule has 1 saturated carbocycles. The predicted octanol–water partition coefficient (Wildman–Crippen LogP) is 3.06. The Labute approximate surface area is 181 Å². The van der Waals surface area contributed by atoms with Gasteiger partial charge in [0.15, 0.2) is 5.82 Å². The summed E-state index contributed by atoms with van der Waals surface area (Å²) in [4.78, 5) is 18.7. The molecule has 1 atom stereocenters. The summed E-state index contributed by atoms with van der Waals surface area (Å²) >= 11 is 0. The number of H-pyrrole nitrogens is 1. The zero-order chi connectivity index (χ0) is 21.4. The highest BCUT2D eigenvalue weighted by molar-refractivity contribution is 5.81. The van der Waals surface area contributed by atoms with E-state index in [2.05, 4.69) is 45.3 Å². The number of hydrogen-bond donors (Lipinski definition) is 1. The lowest BCUT2D eigenvalue weighted by atomic mass is 9.95. The molecule has 1 saturated heterocycles. The quantitative estimate of drug-likeness (QED) is 0.695. The molecule has 0 unspecified atom stereocenters. The Hall–Kier alpha value is -2.58. The van der Waals surface area contributed by atoms with Crippen molar-refractivity contribution in [3.63, 3.8) is 0 Å². The van der Waals surface area contributed by atoms with Gasteiger partial charge in [0.1, 0.15) is 6.04 Å². The molecule has 1 aromatic carbocycles. The number of pyridine rings is 1. The van der Waals surface area contributed by atoms with Crippen LogP contribution in [-0.4, -0.2) is 56.4 Å². The largest absolute Gasteiger partial charge is 0.379 e. The second-order valence-electron chi connectivity index (χ2n) is 8.90. The second-order valence-corrected chi connectivity index (χ2v) is 8.90. The van der Waals surface area contributed by atoms with Crippen molar-refractivity contribution >= 4 is 10.9 Å². The zero-order valence-electron chi connectivity index (χ0n) is 18.3. The third-order valence-electron chi connectivity index (χ3n) is 6.88. The molecule has 2 fully saturated rings. The molecule has 3 aromatic rings. The molecular weight excluding hydrogens is 392 g/mol. The van der Waals surface area contributed by atoms with Crippen LogP contribution in [0.15, 0.2) is 23.0 Å². The predicted molar refractivity (Wildman–Crippen MR) is 118 cm³/mol. The monoisotopic (exact) mass is 422 g/mol. The van der Waals surface area contributed by atoms with E-state index in [1.54, 1.807) is 0 Å². The van der Waals surface area contributed by atoms with E-state index in [9.17, 15) is 4.79 Å². The first-order chi connectivity index (χ1) is 15.1. The van der Waals surface area contributed by atoms with Gasteiger partial charge >= 0.3 is 0 Å². The molecule has 5 rings (SSSR count). The molecule has 0 spiro atoms. The van der Waals surface area contributed by atoms with Crippen molar-refractivity contribution in [2.45, 2.75) is 58.0 Å². The highest BCUT2D eigenvalue weighted by Crippen LogP contribution is 2.33. The Morgan fingerprint density at radius 1 is 1.06 bits per heavy atom. The lowest BCUT2D eigenvalue weighted by Gasteiger charge is -2.34. The minimum Gasteiger partial charge on any atom is -0.379 e. The molecule has 164 valence electrons. The molecule has 1 aliphatic heterocycles. The van der Waals surface area contributed by atoms with E-state index in [-0.39, 0.29) is 11.6 Å². The number of morpholine rings is 1. The van der Waals surface area contributed by atoms with Gasteiger partial charge in [0, 0.05) is 24.2 Å². The average Bonchev–Trinajstić information content (AvgIpc) is 3.26. The summed E-state index contributed by atoms with van der Waals surface area (Å²) < 4.78 is 7.58. The number of aryl methyl sites for hydroxylation is 2. The number of rotatable bonds is 4. The zero-order valence-corrected chi connectivity index (χ0v) is 18.3. The van der Waals surface area contributed by atoms with Crippen LogP contribution >= 0.6 is 0 Å². The van der Waals surface area contributed by atoms with Crippen molar-refractivity contribution in [2.24, 2.45) is 0 Å². The van der Waals surface area contributed by atoms with Crippen molar-refractivity contribution < 1.29 is 4.74 Å². The molecule has 0 radical (unpaired) electrons. The van der Waals surface area contributed by atoms with Crippen LogP contribution in [-0.2, 0) is 4.74 Å². The van der Waals surface area contributed by atoms with E-state index in [0.717, 1.165) is 42.7 Å². The topological polar surface area (TPSA) is 88.9 Å². The molecule has 2 aromatic heterocycles. The highest BCUT2D eigenvalue weighted by atomic mass is 16.5. The summed E-state index contributed by atoms with van der Waals surface area (Å²) in [5.41, 5.74) is 3.86. The lowest BCUT2D eigenvalue weighted by molar-refractivity contribution is 0.0209. The van der Waals surface area contributed by atoms with Gasteiger partial charge < -0.3 is 9.72 Å². The number of benzene rings is 1. The first-order valence-corrected chi connectivity index (χ1v) is 11.4. The van der Waals surface area contributed by atoms with Gasteiger partial charge in [0.25, 0.3) is 5.56 Å². The van der Waals surface area contributed by atoms with Gasteiger partial charge in [-0.3, -0.25) is 9.69 Å². The Bertz CT molecular complexity index is 1120. The van der Waals surface area contributed by atoms with Crippen molar-refractivity contribution in [3.05, 3.63) is 51.1 Å². The molecule has 2 aliphatic rings. The van der Waals surface area contributed by atoms with Gasteiger partial charge in [-0.05, 0) is 71.8 Å². The van der Waals surface area contributed by atoms with Gasteiger partial charge in [0.2, 0.25) is 0 Å². The average molecular weight is 423 g/mol. The van der Waals surface area contributed by atoms with Crippen molar-refractivity contribution in [2.75, 3.05) is 26.3 Å². The summed E-state index contributed by atoms with van der Waals surface area (Å²) in [5.74, 6) is 0.766. The number of hydrogen-bond acceptors (Lipinski definition) is 6. The summed E-state index contributed by atoms with van der Waals surface area (Å²) in [5, 5.41) is 13.9. The van der Waals surface area contributed by atoms with E-state index >= 15 is 0 Å². The van der Waals surface area contributed by atoms with Crippen LogP contribution in [0, 0.1) is 13.8 Å². The van der Waals surface area contributed by atoms with Gasteiger partial charge in [-0.1, -0.05) is 19.3 Å². The minimum atomic E-state index is -0.296. The van der Waals surface area contributed by atoms with Crippen LogP contribution in [0.3, 0.4) is 0 Å². The first-order valence-electron chi connectivity index (χ1n) is 11.4. The molecule has 3 heterocycles. The Morgan fingerprint density at radius 2 is 1.81 bits per heavy atom. The summed E-state index contributed by atoms with van der Waals surface area (Å²) in [6, 6.07) is 6.22. The number of ether oxygens (including phenoxy) is 1.